The largest absolute Gasteiger partial charge is 0.296 e. The Labute approximate surface area is 146 Å². The van der Waals surface area contributed by atoms with Crippen molar-refractivity contribution < 1.29 is 8.78 Å². The predicted octanol–water partition coefficient (Wildman–Crippen LogP) is 4.72. The smallest absolute Gasteiger partial charge is 0.124 e. The molecule has 1 saturated heterocycles. The fourth-order valence-corrected chi connectivity index (χ4v) is 3.84. The molecule has 4 rings (SSSR count). The highest BCUT2D eigenvalue weighted by Gasteiger charge is 2.25. The van der Waals surface area contributed by atoms with Crippen LogP contribution < -0.4 is 0 Å². The molecule has 3 aromatic rings. The first kappa shape index (κ1) is 16.2. The Morgan fingerprint density at radius 2 is 1.96 bits per heavy atom. The number of aromatic nitrogens is 1. The first-order valence-electron chi connectivity index (χ1n) is 8.71. The van der Waals surface area contributed by atoms with Crippen LogP contribution in [0.2, 0.25) is 0 Å². The fourth-order valence-electron chi connectivity index (χ4n) is 3.84. The summed E-state index contributed by atoms with van der Waals surface area (Å²) in [6.07, 6.45) is 4.76. The number of nitrogens with zero attached hydrogens (tertiary/aromatic N) is 2. The summed E-state index contributed by atoms with van der Waals surface area (Å²) in [4.78, 5) is 6.81. The van der Waals surface area contributed by atoms with E-state index in [1.807, 2.05) is 18.2 Å². The quantitative estimate of drug-likeness (QED) is 0.684. The second kappa shape index (κ2) is 6.89. The molecule has 128 valence electrons. The van der Waals surface area contributed by atoms with E-state index in [1.165, 1.54) is 12.1 Å². The minimum Gasteiger partial charge on any atom is -0.296 e. The summed E-state index contributed by atoms with van der Waals surface area (Å²) in [5, 5.41) is 0.832. The number of halogens is 2. The first-order chi connectivity index (χ1) is 12.2. The summed E-state index contributed by atoms with van der Waals surface area (Å²) in [7, 11) is 0. The molecule has 1 unspecified atom stereocenters. The van der Waals surface area contributed by atoms with Gasteiger partial charge in [-0.05, 0) is 67.3 Å². The normalized spacial score (nSPS) is 18.1. The van der Waals surface area contributed by atoms with Gasteiger partial charge in [-0.1, -0.05) is 18.2 Å². The summed E-state index contributed by atoms with van der Waals surface area (Å²) in [5.74, 6) is -0.418. The molecule has 0 radical (unpaired) electrons. The van der Waals surface area contributed by atoms with Crippen LogP contribution in [0, 0.1) is 11.6 Å². The molecular weight excluding hydrogens is 318 g/mol. The maximum Gasteiger partial charge on any atom is 0.124 e. The lowest BCUT2D eigenvalue weighted by Crippen LogP contribution is -2.30. The van der Waals surface area contributed by atoms with Crippen molar-refractivity contribution in [3.8, 4) is 0 Å². The average molecular weight is 338 g/mol. The van der Waals surface area contributed by atoms with Crippen LogP contribution in [0.25, 0.3) is 10.9 Å². The van der Waals surface area contributed by atoms with Crippen molar-refractivity contribution in [1.29, 1.82) is 0 Å². The standard InChI is InChI=1S/C21H20F2N2/c22-18-6-1-4-15(10-18)11-20-7-3-9-25(20)14-17-13-19(23)12-16-5-2-8-24-21(16)17/h1-2,4-6,8,10,12-13,20H,3,7,9,11,14H2. The number of fused-ring (bicyclic) bond motifs is 1. The van der Waals surface area contributed by atoms with E-state index in [4.69, 9.17) is 0 Å². The molecule has 0 aliphatic carbocycles. The zero-order valence-electron chi connectivity index (χ0n) is 14.0. The van der Waals surface area contributed by atoms with Crippen LogP contribution in [0.1, 0.15) is 24.0 Å². The van der Waals surface area contributed by atoms with Gasteiger partial charge in [-0.3, -0.25) is 9.88 Å². The number of hydrogen-bond donors (Lipinski definition) is 0. The van der Waals surface area contributed by atoms with Gasteiger partial charge in [0.1, 0.15) is 11.6 Å². The van der Waals surface area contributed by atoms with Gasteiger partial charge in [0.15, 0.2) is 0 Å². The lowest BCUT2D eigenvalue weighted by atomic mass is 10.0. The molecule has 25 heavy (non-hydrogen) atoms. The van der Waals surface area contributed by atoms with Gasteiger partial charge in [-0.15, -0.1) is 0 Å². The summed E-state index contributed by atoms with van der Waals surface area (Å²) >= 11 is 0. The third-order valence-electron chi connectivity index (χ3n) is 4.98. The molecule has 1 aliphatic heterocycles. The maximum atomic E-state index is 14.0. The second-order valence-electron chi connectivity index (χ2n) is 6.74. The van der Waals surface area contributed by atoms with E-state index >= 15 is 0 Å². The van der Waals surface area contributed by atoms with Crippen LogP contribution in [-0.4, -0.2) is 22.5 Å². The Morgan fingerprint density at radius 3 is 2.84 bits per heavy atom. The molecule has 1 atom stereocenters. The highest BCUT2D eigenvalue weighted by Crippen LogP contribution is 2.26. The minimum absolute atomic E-state index is 0.192. The number of pyridine rings is 1. The van der Waals surface area contributed by atoms with Gasteiger partial charge in [0, 0.05) is 24.2 Å². The molecule has 0 spiro atoms. The van der Waals surface area contributed by atoms with Crippen LogP contribution in [0.3, 0.4) is 0 Å². The third kappa shape index (κ3) is 3.54. The van der Waals surface area contributed by atoms with Gasteiger partial charge in [-0.25, -0.2) is 8.78 Å². The van der Waals surface area contributed by atoms with E-state index in [0.717, 1.165) is 47.8 Å². The van der Waals surface area contributed by atoms with Crippen molar-refractivity contribution in [3.05, 3.63) is 77.5 Å². The molecular formula is C21H20F2N2. The van der Waals surface area contributed by atoms with Crippen LogP contribution in [0.5, 0.6) is 0 Å². The van der Waals surface area contributed by atoms with Gasteiger partial charge in [-0.2, -0.15) is 0 Å². The molecule has 1 aromatic heterocycles. The molecule has 4 heteroatoms. The monoisotopic (exact) mass is 338 g/mol. The Kier molecular flexibility index (Phi) is 4.45. The number of benzene rings is 2. The predicted molar refractivity (Wildman–Crippen MR) is 95.2 cm³/mol. The van der Waals surface area contributed by atoms with Crippen molar-refractivity contribution in [2.24, 2.45) is 0 Å². The Bertz CT molecular complexity index is 894. The SMILES string of the molecule is Fc1cccc(CC2CCCN2Cc2cc(F)cc3cccnc23)c1. The zero-order chi connectivity index (χ0) is 17.2. The number of hydrogen-bond acceptors (Lipinski definition) is 2. The van der Waals surface area contributed by atoms with E-state index in [1.54, 1.807) is 24.4 Å². The molecule has 0 bridgehead atoms. The Hall–Kier alpha value is -2.33. The molecule has 2 nitrogen and oxygen atoms in total. The molecule has 0 saturated carbocycles. The van der Waals surface area contributed by atoms with Crippen molar-refractivity contribution in [1.82, 2.24) is 9.88 Å². The summed E-state index contributed by atoms with van der Waals surface area (Å²) in [5.41, 5.74) is 2.79. The Balaban J connectivity index is 1.57. The topological polar surface area (TPSA) is 16.1 Å². The number of likely N-dealkylation sites (tertiary alicyclic amines) is 1. The number of rotatable bonds is 4. The van der Waals surface area contributed by atoms with Crippen LogP contribution in [-0.2, 0) is 13.0 Å². The van der Waals surface area contributed by atoms with Crippen molar-refractivity contribution in [2.45, 2.75) is 31.8 Å². The van der Waals surface area contributed by atoms with Crippen molar-refractivity contribution in [3.63, 3.8) is 0 Å². The summed E-state index contributed by atoms with van der Waals surface area (Å²) in [6.45, 7) is 1.65. The minimum atomic E-state index is -0.226. The van der Waals surface area contributed by atoms with E-state index in [9.17, 15) is 8.78 Å². The highest BCUT2D eigenvalue weighted by atomic mass is 19.1. The Morgan fingerprint density at radius 1 is 1.04 bits per heavy atom. The lowest BCUT2D eigenvalue weighted by Gasteiger charge is -2.25. The van der Waals surface area contributed by atoms with Gasteiger partial charge < -0.3 is 0 Å². The molecule has 1 fully saturated rings. The van der Waals surface area contributed by atoms with E-state index in [-0.39, 0.29) is 11.6 Å². The maximum absolute atomic E-state index is 14.0. The summed E-state index contributed by atoms with van der Waals surface area (Å²) < 4.78 is 27.4. The molecule has 1 aliphatic rings. The van der Waals surface area contributed by atoms with E-state index < -0.39 is 0 Å². The lowest BCUT2D eigenvalue weighted by molar-refractivity contribution is 0.244. The van der Waals surface area contributed by atoms with Gasteiger partial charge >= 0.3 is 0 Å². The van der Waals surface area contributed by atoms with E-state index in [2.05, 4.69) is 9.88 Å². The molecule has 2 heterocycles. The third-order valence-corrected chi connectivity index (χ3v) is 4.98. The van der Waals surface area contributed by atoms with Crippen LogP contribution >= 0.6 is 0 Å². The average Bonchev–Trinajstić information content (AvgIpc) is 3.01. The first-order valence-corrected chi connectivity index (χ1v) is 8.71. The van der Waals surface area contributed by atoms with Gasteiger partial charge in [0.2, 0.25) is 0 Å². The fraction of sp³-hybridized carbons (Fsp3) is 0.286. The summed E-state index contributed by atoms with van der Waals surface area (Å²) in [6, 6.07) is 14.0. The van der Waals surface area contributed by atoms with Crippen LogP contribution in [0.15, 0.2) is 54.7 Å². The second-order valence-corrected chi connectivity index (χ2v) is 6.74. The van der Waals surface area contributed by atoms with Crippen molar-refractivity contribution >= 4 is 10.9 Å². The van der Waals surface area contributed by atoms with Gasteiger partial charge in [0.05, 0.1) is 5.52 Å². The zero-order valence-corrected chi connectivity index (χ0v) is 14.0. The highest BCUT2D eigenvalue weighted by molar-refractivity contribution is 5.81. The van der Waals surface area contributed by atoms with Crippen LogP contribution in [0.4, 0.5) is 8.78 Å². The van der Waals surface area contributed by atoms with E-state index in [0.29, 0.717) is 12.6 Å². The molecule has 2 aromatic carbocycles. The van der Waals surface area contributed by atoms with Crippen molar-refractivity contribution in [2.75, 3.05) is 6.54 Å². The molecule has 0 amide bonds. The molecule has 0 N–H and O–H groups in total. The van der Waals surface area contributed by atoms with Gasteiger partial charge in [0.25, 0.3) is 0 Å².